The molecule has 0 N–H and O–H groups in total. The van der Waals surface area contributed by atoms with Gasteiger partial charge in [-0.3, -0.25) is 9.36 Å². The summed E-state index contributed by atoms with van der Waals surface area (Å²) in [5, 5.41) is 2.14. The van der Waals surface area contributed by atoms with Crippen LogP contribution in [0.15, 0.2) is 59.1 Å². The Morgan fingerprint density at radius 3 is 2.83 bits per heavy atom. The predicted octanol–water partition coefficient (Wildman–Crippen LogP) is 4.58. The van der Waals surface area contributed by atoms with Crippen molar-refractivity contribution in [2.24, 2.45) is 0 Å². The van der Waals surface area contributed by atoms with Crippen LogP contribution in [-0.4, -0.2) is 14.5 Å². The van der Waals surface area contributed by atoms with Crippen molar-refractivity contribution in [3.63, 3.8) is 0 Å². The summed E-state index contributed by atoms with van der Waals surface area (Å²) in [4.78, 5) is 21.3. The molecular formula is C17H13Cl2N3OS. The molecule has 7 heteroatoms. The number of allylic oxidation sites excluding steroid dienone is 1. The molecule has 0 aliphatic heterocycles. The van der Waals surface area contributed by atoms with Gasteiger partial charge in [-0.25, -0.2) is 9.97 Å². The fraction of sp³-hybridized carbons (Fsp3) is 0.118. The Morgan fingerprint density at radius 1 is 1.25 bits per heavy atom. The highest BCUT2D eigenvalue weighted by Gasteiger charge is 2.11. The highest BCUT2D eigenvalue weighted by molar-refractivity contribution is 7.98. The molecule has 1 aromatic carbocycles. The quantitative estimate of drug-likeness (QED) is 0.282. The second kappa shape index (κ2) is 7.38. The number of hydrogen-bond donors (Lipinski definition) is 0. The lowest BCUT2D eigenvalue weighted by Crippen LogP contribution is -2.22. The highest BCUT2D eigenvalue weighted by atomic mass is 35.5. The lowest BCUT2D eigenvalue weighted by molar-refractivity contribution is 0.671. The van der Waals surface area contributed by atoms with E-state index in [1.807, 2.05) is 6.07 Å². The molecule has 2 heterocycles. The Bertz CT molecular complexity index is 972. The van der Waals surface area contributed by atoms with E-state index in [-0.39, 0.29) is 5.56 Å². The van der Waals surface area contributed by atoms with E-state index in [9.17, 15) is 4.79 Å². The minimum atomic E-state index is -0.105. The van der Waals surface area contributed by atoms with Gasteiger partial charge in [-0.15, -0.1) is 6.58 Å². The third-order valence-corrected chi connectivity index (χ3v) is 4.84. The van der Waals surface area contributed by atoms with E-state index in [1.54, 1.807) is 41.1 Å². The van der Waals surface area contributed by atoms with Gasteiger partial charge in [0, 0.05) is 23.5 Å². The first-order valence-corrected chi connectivity index (χ1v) is 8.87. The van der Waals surface area contributed by atoms with Crippen LogP contribution in [0.5, 0.6) is 0 Å². The molecule has 0 saturated heterocycles. The standard InChI is InChI=1S/C17H13Cl2N3OS/c1-2-7-22-16(23)13-4-3-12(18)9-14(13)21-17(22)24-10-11-5-6-20-15(19)8-11/h2-6,8-9H,1,7,10H2. The molecular weight excluding hydrogens is 365 g/mol. The minimum Gasteiger partial charge on any atom is -0.283 e. The van der Waals surface area contributed by atoms with Gasteiger partial charge in [0.2, 0.25) is 0 Å². The Labute approximate surface area is 153 Å². The molecule has 0 amide bonds. The third kappa shape index (κ3) is 3.64. The monoisotopic (exact) mass is 377 g/mol. The first kappa shape index (κ1) is 17.0. The fourth-order valence-electron chi connectivity index (χ4n) is 2.25. The van der Waals surface area contributed by atoms with E-state index < -0.39 is 0 Å². The molecule has 0 aliphatic rings. The Morgan fingerprint density at radius 2 is 2.08 bits per heavy atom. The molecule has 3 rings (SSSR count). The second-order valence-electron chi connectivity index (χ2n) is 5.04. The number of fused-ring (bicyclic) bond motifs is 1. The molecule has 0 unspecified atom stereocenters. The molecule has 3 aromatic rings. The van der Waals surface area contributed by atoms with Crippen molar-refractivity contribution in [2.75, 3.05) is 0 Å². The molecule has 0 aliphatic carbocycles. The van der Waals surface area contributed by atoms with Crippen molar-refractivity contribution in [3.8, 4) is 0 Å². The van der Waals surface area contributed by atoms with Crippen LogP contribution in [0.3, 0.4) is 0 Å². The summed E-state index contributed by atoms with van der Waals surface area (Å²) in [5.74, 6) is 0.623. The molecule has 0 fully saturated rings. The van der Waals surface area contributed by atoms with Crippen molar-refractivity contribution in [2.45, 2.75) is 17.5 Å². The molecule has 122 valence electrons. The molecule has 24 heavy (non-hydrogen) atoms. The summed E-state index contributed by atoms with van der Waals surface area (Å²) in [6.45, 7) is 4.11. The third-order valence-electron chi connectivity index (χ3n) is 3.35. The van der Waals surface area contributed by atoms with E-state index >= 15 is 0 Å². The van der Waals surface area contributed by atoms with Gasteiger partial charge < -0.3 is 0 Å². The first-order chi connectivity index (χ1) is 11.6. The molecule has 2 aromatic heterocycles. The van der Waals surface area contributed by atoms with Crippen molar-refractivity contribution in [1.29, 1.82) is 0 Å². The first-order valence-electron chi connectivity index (χ1n) is 7.12. The normalized spacial score (nSPS) is 10.9. The van der Waals surface area contributed by atoms with Crippen LogP contribution in [0, 0.1) is 0 Å². The van der Waals surface area contributed by atoms with Gasteiger partial charge >= 0.3 is 0 Å². The zero-order chi connectivity index (χ0) is 17.1. The van der Waals surface area contributed by atoms with Crippen molar-refractivity contribution in [3.05, 3.63) is 75.3 Å². The lowest BCUT2D eigenvalue weighted by atomic mass is 10.2. The smallest absolute Gasteiger partial charge is 0.262 e. The summed E-state index contributed by atoms with van der Waals surface area (Å²) in [5.41, 5.74) is 1.49. The number of nitrogens with zero attached hydrogens (tertiary/aromatic N) is 3. The van der Waals surface area contributed by atoms with Gasteiger partial charge in [0.05, 0.1) is 10.9 Å². The van der Waals surface area contributed by atoms with E-state index in [0.717, 1.165) is 5.56 Å². The van der Waals surface area contributed by atoms with Crippen LogP contribution < -0.4 is 5.56 Å². The number of hydrogen-bond acceptors (Lipinski definition) is 4. The molecule has 0 bridgehead atoms. The number of benzene rings is 1. The second-order valence-corrected chi connectivity index (χ2v) is 6.80. The van der Waals surface area contributed by atoms with Gasteiger partial charge in [0.25, 0.3) is 5.56 Å². The Hall–Kier alpha value is -1.82. The highest BCUT2D eigenvalue weighted by Crippen LogP contribution is 2.24. The number of thioether (sulfide) groups is 1. The zero-order valence-electron chi connectivity index (χ0n) is 12.6. The van der Waals surface area contributed by atoms with Crippen molar-refractivity contribution in [1.82, 2.24) is 14.5 Å². The van der Waals surface area contributed by atoms with Gasteiger partial charge in [0.15, 0.2) is 5.16 Å². The number of aromatic nitrogens is 3. The maximum absolute atomic E-state index is 12.7. The maximum atomic E-state index is 12.7. The molecule has 4 nitrogen and oxygen atoms in total. The molecule has 0 atom stereocenters. The average Bonchev–Trinajstić information content (AvgIpc) is 2.56. The average molecular weight is 378 g/mol. The van der Waals surface area contributed by atoms with Crippen LogP contribution in [0.1, 0.15) is 5.56 Å². The summed E-state index contributed by atoms with van der Waals surface area (Å²) >= 11 is 13.4. The summed E-state index contributed by atoms with van der Waals surface area (Å²) in [6, 6.07) is 8.76. The lowest BCUT2D eigenvalue weighted by Gasteiger charge is -2.11. The molecule has 0 spiro atoms. The van der Waals surface area contributed by atoms with Crippen LogP contribution in [0.4, 0.5) is 0 Å². The SMILES string of the molecule is C=CCn1c(SCc2ccnc(Cl)c2)nc2cc(Cl)ccc2c1=O. The zero-order valence-corrected chi connectivity index (χ0v) is 14.9. The summed E-state index contributed by atoms with van der Waals surface area (Å²) < 4.78 is 1.61. The van der Waals surface area contributed by atoms with Crippen LogP contribution in [0.25, 0.3) is 10.9 Å². The Balaban J connectivity index is 2.03. The van der Waals surface area contributed by atoms with E-state index in [2.05, 4.69) is 16.5 Å². The fourth-order valence-corrected chi connectivity index (χ4v) is 3.57. The number of halogens is 2. The minimum absolute atomic E-state index is 0.105. The predicted molar refractivity (Wildman–Crippen MR) is 100 cm³/mol. The van der Waals surface area contributed by atoms with E-state index in [1.165, 1.54) is 11.8 Å². The molecule has 0 radical (unpaired) electrons. The van der Waals surface area contributed by atoms with Gasteiger partial charge in [-0.05, 0) is 35.9 Å². The van der Waals surface area contributed by atoms with Crippen LogP contribution in [-0.2, 0) is 12.3 Å². The van der Waals surface area contributed by atoms with E-state index in [4.69, 9.17) is 23.2 Å². The maximum Gasteiger partial charge on any atom is 0.262 e. The Kier molecular flexibility index (Phi) is 5.23. The summed E-state index contributed by atoms with van der Waals surface area (Å²) in [6.07, 6.45) is 3.33. The topological polar surface area (TPSA) is 47.8 Å². The van der Waals surface area contributed by atoms with Crippen molar-refractivity contribution >= 4 is 45.9 Å². The van der Waals surface area contributed by atoms with Gasteiger partial charge in [-0.1, -0.05) is 41.0 Å². The number of pyridine rings is 1. The summed E-state index contributed by atoms with van der Waals surface area (Å²) in [7, 11) is 0. The van der Waals surface area contributed by atoms with E-state index in [0.29, 0.717) is 38.5 Å². The molecule has 0 saturated carbocycles. The van der Waals surface area contributed by atoms with Crippen molar-refractivity contribution < 1.29 is 0 Å². The van der Waals surface area contributed by atoms with Gasteiger partial charge in [0.1, 0.15) is 5.15 Å². The van der Waals surface area contributed by atoms with Crippen LogP contribution >= 0.6 is 35.0 Å². The van der Waals surface area contributed by atoms with Crippen LogP contribution in [0.2, 0.25) is 10.2 Å². The largest absolute Gasteiger partial charge is 0.283 e. The van der Waals surface area contributed by atoms with Gasteiger partial charge in [-0.2, -0.15) is 0 Å². The number of rotatable bonds is 5.